The van der Waals surface area contributed by atoms with Gasteiger partial charge in [-0.3, -0.25) is 0 Å². The van der Waals surface area contributed by atoms with E-state index in [2.05, 4.69) is 26.0 Å². The van der Waals surface area contributed by atoms with Crippen LogP contribution in [-0.2, 0) is 0 Å². The van der Waals surface area contributed by atoms with Gasteiger partial charge in [0.15, 0.2) is 0 Å². The van der Waals surface area contributed by atoms with Crippen molar-refractivity contribution in [3.05, 3.63) is 44.7 Å². The van der Waals surface area contributed by atoms with E-state index in [1.807, 2.05) is 18.2 Å². The zero-order valence-electron chi connectivity index (χ0n) is 6.76. The van der Waals surface area contributed by atoms with E-state index in [1.165, 1.54) is 0 Å². The summed E-state index contributed by atoms with van der Waals surface area (Å²) >= 11 is 3.29. The Morgan fingerprint density at radius 2 is 2.38 bits per heavy atom. The number of hydrogen-bond donors (Lipinski definition) is 1. The maximum atomic E-state index is 8.92. The Hall–Kier alpha value is -1.03. The second-order valence-corrected chi connectivity index (χ2v) is 3.37. The molecule has 1 atom stereocenters. The molecule has 5 heteroatoms. The minimum absolute atomic E-state index is 0.180. The number of nitrogens with zero attached hydrogens (tertiary/aromatic N) is 3. The summed E-state index contributed by atoms with van der Waals surface area (Å²) in [6, 6.07) is 6.82. The van der Waals surface area contributed by atoms with Gasteiger partial charge in [0.2, 0.25) is 0 Å². The quantitative estimate of drug-likeness (QED) is 0.494. The Balaban J connectivity index is 2.97. The molecule has 1 rings (SSSR count). The van der Waals surface area contributed by atoms with Gasteiger partial charge in [0.05, 0.1) is 12.6 Å². The molecule has 0 heterocycles. The van der Waals surface area contributed by atoms with Gasteiger partial charge in [-0.05, 0) is 23.2 Å². The summed E-state index contributed by atoms with van der Waals surface area (Å²) in [6.07, 6.45) is 0. The summed E-state index contributed by atoms with van der Waals surface area (Å²) in [7, 11) is 0. The van der Waals surface area contributed by atoms with Crippen molar-refractivity contribution < 1.29 is 5.11 Å². The molecule has 0 aliphatic heterocycles. The fourth-order valence-electron chi connectivity index (χ4n) is 0.985. The first-order valence-electron chi connectivity index (χ1n) is 3.68. The molecule has 1 aromatic rings. The number of azide groups is 1. The molecule has 1 aromatic carbocycles. The highest BCUT2D eigenvalue weighted by atomic mass is 79.9. The van der Waals surface area contributed by atoms with Gasteiger partial charge in [-0.25, -0.2) is 0 Å². The molecule has 68 valence electrons. The fourth-order valence-corrected chi connectivity index (χ4v) is 1.40. The topological polar surface area (TPSA) is 69.0 Å². The Labute approximate surface area is 84.0 Å². The van der Waals surface area contributed by atoms with Crippen LogP contribution in [0.3, 0.4) is 0 Å². The number of aliphatic hydroxyl groups is 1. The summed E-state index contributed by atoms with van der Waals surface area (Å²) in [4.78, 5) is 2.66. The fraction of sp³-hybridized carbons (Fsp3) is 0.250. The zero-order valence-corrected chi connectivity index (χ0v) is 8.35. The summed E-state index contributed by atoms with van der Waals surface area (Å²) < 4.78 is 0.900. The molecule has 0 fully saturated rings. The third kappa shape index (κ3) is 2.73. The van der Waals surface area contributed by atoms with Crippen molar-refractivity contribution in [1.82, 2.24) is 0 Å². The summed E-state index contributed by atoms with van der Waals surface area (Å²) in [5.41, 5.74) is 9.03. The molecule has 13 heavy (non-hydrogen) atoms. The predicted molar refractivity (Wildman–Crippen MR) is 53.1 cm³/mol. The van der Waals surface area contributed by atoms with Gasteiger partial charge in [-0.1, -0.05) is 33.2 Å². The highest BCUT2D eigenvalue weighted by Gasteiger charge is 2.07. The predicted octanol–water partition coefficient (Wildman–Crippen LogP) is 2.79. The molecule has 0 radical (unpaired) electrons. The third-order valence-corrected chi connectivity index (χ3v) is 2.09. The molecule has 0 aliphatic carbocycles. The second kappa shape index (κ2) is 4.87. The van der Waals surface area contributed by atoms with Crippen LogP contribution in [0.4, 0.5) is 0 Å². The van der Waals surface area contributed by atoms with Crippen LogP contribution in [0.2, 0.25) is 0 Å². The molecule has 0 spiro atoms. The first kappa shape index (κ1) is 10.1. The van der Waals surface area contributed by atoms with E-state index in [0.29, 0.717) is 0 Å². The van der Waals surface area contributed by atoms with E-state index in [-0.39, 0.29) is 6.61 Å². The summed E-state index contributed by atoms with van der Waals surface area (Å²) in [5.74, 6) is 0. The maximum Gasteiger partial charge on any atom is 0.0856 e. The number of benzene rings is 1. The first-order chi connectivity index (χ1) is 6.27. The van der Waals surface area contributed by atoms with Crippen molar-refractivity contribution in [2.24, 2.45) is 5.11 Å². The largest absolute Gasteiger partial charge is 0.396 e. The maximum absolute atomic E-state index is 8.92. The lowest BCUT2D eigenvalue weighted by molar-refractivity contribution is 0.268. The molecule has 0 bridgehead atoms. The van der Waals surface area contributed by atoms with Gasteiger partial charge in [0, 0.05) is 9.38 Å². The van der Waals surface area contributed by atoms with E-state index in [4.69, 9.17) is 10.6 Å². The normalized spacial score (nSPS) is 11.8. The minimum atomic E-state index is -0.498. The van der Waals surface area contributed by atoms with E-state index >= 15 is 0 Å². The molecule has 1 N–H and O–H groups in total. The SMILES string of the molecule is [N-]=[N+]=N[C@@H](CO)c1cccc(Br)c1. The summed E-state index contributed by atoms with van der Waals surface area (Å²) in [6.45, 7) is -0.180. The van der Waals surface area contributed by atoms with Crippen molar-refractivity contribution in [2.45, 2.75) is 6.04 Å². The average molecular weight is 242 g/mol. The van der Waals surface area contributed by atoms with E-state index in [9.17, 15) is 0 Å². The zero-order chi connectivity index (χ0) is 9.68. The average Bonchev–Trinajstić information content (AvgIpc) is 2.14. The Bertz CT molecular complexity index is 336. The lowest BCUT2D eigenvalue weighted by atomic mass is 10.1. The van der Waals surface area contributed by atoms with Gasteiger partial charge in [0.1, 0.15) is 0 Å². The number of hydrogen-bond acceptors (Lipinski definition) is 2. The minimum Gasteiger partial charge on any atom is -0.396 e. The smallest absolute Gasteiger partial charge is 0.0856 e. The molecule has 0 aliphatic rings. The van der Waals surface area contributed by atoms with E-state index in [0.717, 1.165) is 10.0 Å². The molecule has 0 unspecified atom stereocenters. The Morgan fingerprint density at radius 3 is 2.92 bits per heavy atom. The number of aliphatic hydroxyl groups excluding tert-OH is 1. The molecule has 0 aromatic heterocycles. The van der Waals surface area contributed by atoms with Crippen LogP contribution in [0, 0.1) is 0 Å². The van der Waals surface area contributed by atoms with Gasteiger partial charge in [-0.2, -0.15) is 0 Å². The van der Waals surface area contributed by atoms with E-state index in [1.54, 1.807) is 6.07 Å². The second-order valence-electron chi connectivity index (χ2n) is 2.46. The van der Waals surface area contributed by atoms with Crippen molar-refractivity contribution in [2.75, 3.05) is 6.61 Å². The van der Waals surface area contributed by atoms with Crippen LogP contribution in [0.15, 0.2) is 33.9 Å². The highest BCUT2D eigenvalue weighted by molar-refractivity contribution is 9.10. The molecule has 0 saturated heterocycles. The van der Waals surface area contributed by atoms with Crippen LogP contribution in [0.1, 0.15) is 11.6 Å². The Kier molecular flexibility index (Phi) is 3.76. The summed E-state index contributed by atoms with van der Waals surface area (Å²) in [5, 5.41) is 12.4. The lowest BCUT2D eigenvalue weighted by Crippen LogP contribution is -1.99. The van der Waals surface area contributed by atoms with Gasteiger partial charge in [0.25, 0.3) is 0 Å². The van der Waals surface area contributed by atoms with Gasteiger partial charge in [-0.15, -0.1) is 0 Å². The standard InChI is InChI=1S/C8H8BrN3O/c9-7-3-1-2-6(4-7)8(5-13)11-12-10/h1-4,8,13H,5H2/t8-/m0/s1. The molecule has 4 nitrogen and oxygen atoms in total. The molecular formula is C8H8BrN3O. The van der Waals surface area contributed by atoms with Crippen LogP contribution >= 0.6 is 15.9 Å². The van der Waals surface area contributed by atoms with Crippen molar-refractivity contribution in [3.63, 3.8) is 0 Å². The van der Waals surface area contributed by atoms with Gasteiger partial charge >= 0.3 is 0 Å². The third-order valence-electron chi connectivity index (χ3n) is 1.60. The van der Waals surface area contributed by atoms with Crippen LogP contribution in [-0.4, -0.2) is 11.7 Å². The van der Waals surface area contributed by atoms with Crippen molar-refractivity contribution >= 4 is 15.9 Å². The molecular weight excluding hydrogens is 234 g/mol. The van der Waals surface area contributed by atoms with Crippen molar-refractivity contribution in [1.29, 1.82) is 0 Å². The molecule has 0 amide bonds. The van der Waals surface area contributed by atoms with Crippen LogP contribution in [0.5, 0.6) is 0 Å². The van der Waals surface area contributed by atoms with Crippen molar-refractivity contribution in [3.8, 4) is 0 Å². The van der Waals surface area contributed by atoms with E-state index < -0.39 is 6.04 Å². The molecule has 0 saturated carbocycles. The van der Waals surface area contributed by atoms with Gasteiger partial charge < -0.3 is 5.11 Å². The monoisotopic (exact) mass is 241 g/mol. The highest BCUT2D eigenvalue weighted by Crippen LogP contribution is 2.20. The van der Waals surface area contributed by atoms with Crippen LogP contribution in [0.25, 0.3) is 10.4 Å². The lowest BCUT2D eigenvalue weighted by Gasteiger charge is -2.07. The number of halogens is 1. The number of rotatable bonds is 3. The Morgan fingerprint density at radius 1 is 1.62 bits per heavy atom. The first-order valence-corrected chi connectivity index (χ1v) is 4.47. The van der Waals surface area contributed by atoms with Crippen LogP contribution < -0.4 is 0 Å².